The Labute approximate surface area is 91.6 Å². The summed E-state index contributed by atoms with van der Waals surface area (Å²) in [5.74, 6) is 0.903. The molecule has 1 atom stereocenters. The molecule has 0 bridgehead atoms. The van der Waals surface area contributed by atoms with Crippen molar-refractivity contribution < 1.29 is 4.74 Å². The SMILES string of the molecule is CCCOc1ccccc1NCC(C)N. The summed E-state index contributed by atoms with van der Waals surface area (Å²) in [6.45, 7) is 5.57. The molecule has 3 N–H and O–H groups in total. The first-order valence-electron chi connectivity index (χ1n) is 5.45. The molecular weight excluding hydrogens is 188 g/mol. The second-order valence-corrected chi connectivity index (χ2v) is 3.70. The number of nitrogens with two attached hydrogens (primary N) is 1. The summed E-state index contributed by atoms with van der Waals surface area (Å²) in [4.78, 5) is 0. The third-order valence-corrected chi connectivity index (χ3v) is 1.96. The van der Waals surface area contributed by atoms with Crippen LogP contribution < -0.4 is 15.8 Å². The van der Waals surface area contributed by atoms with E-state index in [9.17, 15) is 0 Å². The van der Waals surface area contributed by atoms with E-state index >= 15 is 0 Å². The van der Waals surface area contributed by atoms with Gasteiger partial charge in [0, 0.05) is 12.6 Å². The summed E-state index contributed by atoms with van der Waals surface area (Å²) in [5, 5.41) is 3.27. The van der Waals surface area contributed by atoms with E-state index in [2.05, 4.69) is 12.2 Å². The molecule has 84 valence electrons. The van der Waals surface area contributed by atoms with Gasteiger partial charge in [-0.15, -0.1) is 0 Å². The average molecular weight is 208 g/mol. The summed E-state index contributed by atoms with van der Waals surface area (Å²) >= 11 is 0. The van der Waals surface area contributed by atoms with E-state index in [0.717, 1.165) is 31.0 Å². The molecule has 1 aromatic carbocycles. The summed E-state index contributed by atoms with van der Waals surface area (Å²) in [7, 11) is 0. The zero-order valence-electron chi connectivity index (χ0n) is 9.49. The molecule has 0 aliphatic carbocycles. The largest absolute Gasteiger partial charge is 0.491 e. The number of rotatable bonds is 6. The quantitative estimate of drug-likeness (QED) is 0.753. The van der Waals surface area contributed by atoms with E-state index in [0.29, 0.717) is 0 Å². The number of nitrogens with one attached hydrogen (secondary N) is 1. The number of para-hydroxylation sites is 2. The van der Waals surface area contributed by atoms with Crippen LogP contribution in [0.4, 0.5) is 5.69 Å². The molecule has 15 heavy (non-hydrogen) atoms. The van der Waals surface area contributed by atoms with Crippen molar-refractivity contribution in [2.45, 2.75) is 26.3 Å². The van der Waals surface area contributed by atoms with Crippen LogP contribution in [0.3, 0.4) is 0 Å². The van der Waals surface area contributed by atoms with Crippen molar-refractivity contribution in [2.24, 2.45) is 5.73 Å². The first-order chi connectivity index (χ1) is 7.24. The van der Waals surface area contributed by atoms with Gasteiger partial charge in [-0.1, -0.05) is 19.1 Å². The molecule has 1 unspecified atom stereocenters. The van der Waals surface area contributed by atoms with Gasteiger partial charge in [0.05, 0.1) is 12.3 Å². The van der Waals surface area contributed by atoms with Crippen LogP contribution in [0, 0.1) is 0 Å². The van der Waals surface area contributed by atoms with Gasteiger partial charge in [-0.2, -0.15) is 0 Å². The normalized spacial score (nSPS) is 12.2. The molecule has 3 heteroatoms. The number of hydrogen-bond donors (Lipinski definition) is 2. The highest BCUT2D eigenvalue weighted by Crippen LogP contribution is 2.23. The van der Waals surface area contributed by atoms with Gasteiger partial charge in [0.2, 0.25) is 0 Å². The van der Waals surface area contributed by atoms with Crippen LogP contribution in [0.1, 0.15) is 20.3 Å². The molecule has 0 aliphatic heterocycles. The van der Waals surface area contributed by atoms with Crippen LogP contribution in [0.5, 0.6) is 5.75 Å². The third kappa shape index (κ3) is 4.21. The number of benzene rings is 1. The second-order valence-electron chi connectivity index (χ2n) is 3.70. The predicted octanol–water partition coefficient (Wildman–Crippen LogP) is 2.23. The molecule has 0 heterocycles. The minimum absolute atomic E-state index is 0.143. The van der Waals surface area contributed by atoms with Crippen LogP contribution in [0.25, 0.3) is 0 Å². The van der Waals surface area contributed by atoms with Gasteiger partial charge in [-0.05, 0) is 25.5 Å². The third-order valence-electron chi connectivity index (χ3n) is 1.96. The molecule has 1 aromatic rings. The smallest absolute Gasteiger partial charge is 0.142 e. The maximum Gasteiger partial charge on any atom is 0.142 e. The minimum atomic E-state index is 0.143. The van der Waals surface area contributed by atoms with Gasteiger partial charge in [0.1, 0.15) is 5.75 Å². The fourth-order valence-corrected chi connectivity index (χ4v) is 1.22. The lowest BCUT2D eigenvalue weighted by Crippen LogP contribution is -2.25. The molecule has 0 spiro atoms. The summed E-state index contributed by atoms with van der Waals surface area (Å²) < 4.78 is 5.62. The molecule has 0 saturated heterocycles. The molecule has 0 amide bonds. The zero-order valence-corrected chi connectivity index (χ0v) is 9.49. The van der Waals surface area contributed by atoms with Crippen LogP contribution in [0.2, 0.25) is 0 Å². The van der Waals surface area contributed by atoms with Crippen LogP contribution in [0.15, 0.2) is 24.3 Å². The topological polar surface area (TPSA) is 47.3 Å². The monoisotopic (exact) mass is 208 g/mol. The standard InChI is InChI=1S/C12H20N2O/c1-3-8-15-12-7-5-4-6-11(12)14-9-10(2)13/h4-7,10,14H,3,8-9,13H2,1-2H3. The van der Waals surface area contributed by atoms with Gasteiger partial charge in [-0.25, -0.2) is 0 Å². The van der Waals surface area contributed by atoms with E-state index < -0.39 is 0 Å². The number of anilines is 1. The van der Waals surface area contributed by atoms with E-state index in [1.54, 1.807) is 0 Å². The van der Waals surface area contributed by atoms with E-state index in [4.69, 9.17) is 10.5 Å². The van der Waals surface area contributed by atoms with Crippen molar-refractivity contribution in [1.82, 2.24) is 0 Å². The molecular formula is C12H20N2O. The Balaban J connectivity index is 2.59. The number of ether oxygens (including phenoxy) is 1. The molecule has 0 aromatic heterocycles. The van der Waals surface area contributed by atoms with Crippen molar-refractivity contribution >= 4 is 5.69 Å². The lowest BCUT2D eigenvalue weighted by molar-refractivity contribution is 0.319. The van der Waals surface area contributed by atoms with Crippen molar-refractivity contribution in [3.63, 3.8) is 0 Å². The maximum atomic E-state index is 5.69. The van der Waals surface area contributed by atoms with Crippen molar-refractivity contribution in [3.05, 3.63) is 24.3 Å². The van der Waals surface area contributed by atoms with Gasteiger partial charge >= 0.3 is 0 Å². The van der Waals surface area contributed by atoms with Gasteiger partial charge in [0.25, 0.3) is 0 Å². The Bertz CT molecular complexity index is 287. The Morgan fingerprint density at radius 2 is 2.13 bits per heavy atom. The highest BCUT2D eigenvalue weighted by Gasteiger charge is 2.02. The molecule has 3 nitrogen and oxygen atoms in total. The van der Waals surface area contributed by atoms with Gasteiger partial charge in [0.15, 0.2) is 0 Å². The lowest BCUT2D eigenvalue weighted by atomic mass is 10.2. The fourth-order valence-electron chi connectivity index (χ4n) is 1.22. The van der Waals surface area contributed by atoms with E-state index in [1.165, 1.54) is 0 Å². The highest BCUT2D eigenvalue weighted by molar-refractivity contribution is 5.56. The Morgan fingerprint density at radius 1 is 1.40 bits per heavy atom. The second kappa shape index (κ2) is 6.30. The summed E-state index contributed by atoms with van der Waals surface area (Å²) in [6.07, 6.45) is 1.02. The maximum absolute atomic E-state index is 5.69. The van der Waals surface area contributed by atoms with Crippen LogP contribution in [-0.4, -0.2) is 19.2 Å². The Hall–Kier alpha value is -1.22. The van der Waals surface area contributed by atoms with Crippen molar-refractivity contribution in [2.75, 3.05) is 18.5 Å². The van der Waals surface area contributed by atoms with E-state index in [-0.39, 0.29) is 6.04 Å². The minimum Gasteiger partial charge on any atom is -0.491 e. The van der Waals surface area contributed by atoms with Crippen molar-refractivity contribution in [1.29, 1.82) is 0 Å². The highest BCUT2D eigenvalue weighted by atomic mass is 16.5. The first kappa shape index (κ1) is 11.9. The first-order valence-corrected chi connectivity index (χ1v) is 5.45. The van der Waals surface area contributed by atoms with Crippen LogP contribution >= 0.6 is 0 Å². The average Bonchev–Trinajstić information content (AvgIpc) is 2.24. The molecule has 0 aliphatic rings. The van der Waals surface area contributed by atoms with Gasteiger partial charge < -0.3 is 15.8 Å². The van der Waals surface area contributed by atoms with Crippen molar-refractivity contribution in [3.8, 4) is 5.75 Å². The fraction of sp³-hybridized carbons (Fsp3) is 0.500. The van der Waals surface area contributed by atoms with Crippen LogP contribution in [-0.2, 0) is 0 Å². The molecule has 0 saturated carbocycles. The molecule has 1 rings (SSSR count). The predicted molar refractivity (Wildman–Crippen MR) is 64.4 cm³/mol. The van der Waals surface area contributed by atoms with E-state index in [1.807, 2.05) is 31.2 Å². The van der Waals surface area contributed by atoms with Gasteiger partial charge in [-0.3, -0.25) is 0 Å². The zero-order chi connectivity index (χ0) is 11.1. The lowest BCUT2D eigenvalue weighted by Gasteiger charge is -2.13. The summed E-state index contributed by atoms with van der Waals surface area (Å²) in [6, 6.07) is 8.08. The Morgan fingerprint density at radius 3 is 2.80 bits per heavy atom. The number of hydrogen-bond acceptors (Lipinski definition) is 3. The molecule has 0 radical (unpaired) electrons. The summed E-state index contributed by atoms with van der Waals surface area (Å²) in [5.41, 5.74) is 6.70. The Kier molecular flexibility index (Phi) is 4.98. The molecule has 0 fully saturated rings.